The number of nitrogens with one attached hydrogen (secondary N) is 1. The summed E-state index contributed by atoms with van der Waals surface area (Å²) in [7, 11) is 0. The van der Waals surface area contributed by atoms with E-state index in [0.29, 0.717) is 11.8 Å². The molecule has 0 aliphatic rings. The van der Waals surface area contributed by atoms with Gasteiger partial charge in [0.15, 0.2) is 0 Å². The van der Waals surface area contributed by atoms with Gasteiger partial charge in [0, 0.05) is 11.8 Å². The van der Waals surface area contributed by atoms with Crippen LogP contribution < -0.4 is 5.32 Å². The maximum Gasteiger partial charge on any atom is 0.262 e. The molecule has 0 unspecified atom stereocenters. The molecular weight excluding hydrogens is 253 g/mol. The molecule has 0 aliphatic carbocycles. The fourth-order valence-corrected chi connectivity index (χ4v) is 2.28. The van der Waals surface area contributed by atoms with Crippen LogP contribution in [-0.2, 0) is 0 Å². The van der Waals surface area contributed by atoms with E-state index in [4.69, 9.17) is 23.2 Å². The maximum absolute atomic E-state index is 11.8. The number of hydrogen-bond donors (Lipinski definition) is 1. The number of rotatable bonds is 4. The molecule has 2 nitrogen and oxygen atoms in total. The Labute approximate surface area is 104 Å². The summed E-state index contributed by atoms with van der Waals surface area (Å²) in [6.45, 7) is 3.73. The molecule has 1 N–H and O–H groups in total. The molecule has 15 heavy (non-hydrogen) atoms. The van der Waals surface area contributed by atoms with Crippen LogP contribution in [0, 0.1) is 6.92 Å². The molecule has 0 spiro atoms. The molecule has 0 bridgehead atoms. The predicted molar refractivity (Wildman–Crippen MR) is 66.4 cm³/mol. The monoisotopic (exact) mass is 265 g/mol. The van der Waals surface area contributed by atoms with E-state index in [1.54, 1.807) is 0 Å². The first-order chi connectivity index (χ1) is 7.02. The number of amides is 1. The molecule has 1 rings (SSSR count). The zero-order valence-electron chi connectivity index (χ0n) is 8.64. The third kappa shape index (κ3) is 3.10. The highest BCUT2D eigenvalue weighted by atomic mass is 35.5. The van der Waals surface area contributed by atoms with Crippen LogP contribution in [0.15, 0.2) is 11.4 Å². The van der Waals surface area contributed by atoms with E-state index in [0.717, 1.165) is 10.4 Å². The average Bonchev–Trinajstić information content (AvgIpc) is 2.64. The first-order valence-corrected chi connectivity index (χ1v) is 6.46. The summed E-state index contributed by atoms with van der Waals surface area (Å²) in [5.74, 6) is 0.491. The molecule has 5 heteroatoms. The van der Waals surface area contributed by atoms with Crippen molar-refractivity contribution in [2.45, 2.75) is 19.4 Å². The van der Waals surface area contributed by atoms with Gasteiger partial charge in [0.2, 0.25) is 0 Å². The minimum absolute atomic E-state index is 0.105. The topological polar surface area (TPSA) is 29.1 Å². The largest absolute Gasteiger partial charge is 0.344 e. The lowest BCUT2D eigenvalue weighted by atomic mass is 10.1. The Kier molecular flexibility index (Phi) is 4.44. The Bertz CT molecular complexity index is 347. The molecule has 1 amide bonds. The smallest absolute Gasteiger partial charge is 0.262 e. The summed E-state index contributed by atoms with van der Waals surface area (Å²) >= 11 is 12.9. The molecule has 0 aliphatic heterocycles. The van der Waals surface area contributed by atoms with Crippen molar-refractivity contribution in [2.24, 2.45) is 0 Å². The van der Waals surface area contributed by atoms with Gasteiger partial charge in [0.25, 0.3) is 5.91 Å². The Balaban J connectivity index is 2.76. The van der Waals surface area contributed by atoms with Gasteiger partial charge in [-0.05, 0) is 30.9 Å². The molecule has 0 atom stereocenters. The molecule has 0 fully saturated rings. The number of halogens is 2. The highest BCUT2D eigenvalue weighted by Crippen LogP contribution is 2.17. The molecule has 0 saturated carbocycles. The van der Waals surface area contributed by atoms with Crippen molar-refractivity contribution in [3.05, 3.63) is 21.9 Å². The first kappa shape index (κ1) is 12.8. The fraction of sp³-hybridized carbons (Fsp3) is 0.500. The fourth-order valence-electron chi connectivity index (χ4n) is 1.04. The van der Waals surface area contributed by atoms with Crippen LogP contribution >= 0.6 is 34.5 Å². The summed E-state index contributed by atoms with van der Waals surface area (Å²) in [6, 6.07) is 1.91. The highest BCUT2D eigenvalue weighted by molar-refractivity contribution is 7.12. The Morgan fingerprint density at radius 3 is 2.53 bits per heavy atom. The number of hydrogen-bond acceptors (Lipinski definition) is 2. The summed E-state index contributed by atoms with van der Waals surface area (Å²) in [5, 5.41) is 4.74. The van der Waals surface area contributed by atoms with Crippen molar-refractivity contribution in [3.8, 4) is 0 Å². The van der Waals surface area contributed by atoms with Crippen molar-refractivity contribution in [2.75, 3.05) is 11.8 Å². The zero-order valence-corrected chi connectivity index (χ0v) is 11.0. The average molecular weight is 266 g/mol. The van der Waals surface area contributed by atoms with Crippen molar-refractivity contribution in [1.29, 1.82) is 0 Å². The van der Waals surface area contributed by atoms with E-state index in [1.165, 1.54) is 11.3 Å². The van der Waals surface area contributed by atoms with Crippen molar-refractivity contribution < 1.29 is 4.79 Å². The second-order valence-corrected chi connectivity index (χ2v) is 5.17. The molecule has 84 valence electrons. The summed E-state index contributed by atoms with van der Waals surface area (Å²) in [4.78, 5) is 12.6. The van der Waals surface area contributed by atoms with Crippen LogP contribution in [-0.4, -0.2) is 23.2 Å². The second-order valence-electron chi connectivity index (χ2n) is 3.71. The SMILES string of the molecule is Cc1ccsc1C(=O)NC(C)(CCl)CCl. The summed E-state index contributed by atoms with van der Waals surface area (Å²) in [6.07, 6.45) is 0. The van der Waals surface area contributed by atoms with Gasteiger partial charge in [0.05, 0.1) is 10.4 Å². The Morgan fingerprint density at radius 2 is 2.13 bits per heavy atom. The molecule has 0 radical (unpaired) electrons. The van der Waals surface area contributed by atoms with Crippen molar-refractivity contribution >= 4 is 40.4 Å². The standard InChI is InChI=1S/C10H13Cl2NOS/c1-7-3-4-15-8(7)9(14)13-10(2,5-11)6-12/h3-4H,5-6H2,1-2H3,(H,13,14). The third-order valence-corrected chi connectivity index (χ3v) is 4.27. The number of carbonyl (C=O) groups is 1. The van der Waals surface area contributed by atoms with Gasteiger partial charge in [-0.2, -0.15) is 0 Å². The number of alkyl halides is 2. The minimum Gasteiger partial charge on any atom is -0.344 e. The second kappa shape index (κ2) is 5.19. The molecule has 1 aromatic rings. The van der Waals surface area contributed by atoms with E-state index >= 15 is 0 Å². The van der Waals surface area contributed by atoms with Crippen molar-refractivity contribution in [3.63, 3.8) is 0 Å². The highest BCUT2D eigenvalue weighted by Gasteiger charge is 2.25. The van der Waals surface area contributed by atoms with Gasteiger partial charge in [0.1, 0.15) is 0 Å². The predicted octanol–water partition coefficient (Wildman–Crippen LogP) is 3.02. The van der Waals surface area contributed by atoms with Crippen LogP contribution in [0.25, 0.3) is 0 Å². The molecule has 0 saturated heterocycles. The Hall–Kier alpha value is -0.250. The molecule has 1 heterocycles. The number of thiophene rings is 1. The zero-order chi connectivity index (χ0) is 11.5. The van der Waals surface area contributed by atoms with Crippen LogP contribution in [0.3, 0.4) is 0 Å². The lowest BCUT2D eigenvalue weighted by molar-refractivity contribution is 0.0925. The number of carbonyl (C=O) groups excluding carboxylic acids is 1. The van der Waals surface area contributed by atoms with Crippen LogP contribution in [0.2, 0.25) is 0 Å². The molecular formula is C10H13Cl2NOS. The van der Waals surface area contributed by atoms with E-state index < -0.39 is 5.54 Å². The van der Waals surface area contributed by atoms with E-state index in [-0.39, 0.29) is 5.91 Å². The lowest BCUT2D eigenvalue weighted by Crippen LogP contribution is -2.49. The van der Waals surface area contributed by atoms with Gasteiger partial charge >= 0.3 is 0 Å². The van der Waals surface area contributed by atoms with Gasteiger partial charge in [-0.3, -0.25) is 4.79 Å². The van der Waals surface area contributed by atoms with Crippen LogP contribution in [0.1, 0.15) is 22.2 Å². The normalized spacial score (nSPS) is 11.5. The summed E-state index contributed by atoms with van der Waals surface area (Å²) in [5.41, 5.74) is 0.431. The Morgan fingerprint density at radius 1 is 1.53 bits per heavy atom. The summed E-state index contributed by atoms with van der Waals surface area (Å²) < 4.78 is 0. The van der Waals surface area contributed by atoms with Crippen LogP contribution in [0.4, 0.5) is 0 Å². The van der Waals surface area contributed by atoms with E-state index in [2.05, 4.69) is 5.32 Å². The third-order valence-electron chi connectivity index (χ3n) is 2.07. The maximum atomic E-state index is 11.8. The lowest BCUT2D eigenvalue weighted by Gasteiger charge is -2.25. The molecule has 0 aromatic carbocycles. The first-order valence-electron chi connectivity index (χ1n) is 4.51. The van der Waals surface area contributed by atoms with Gasteiger partial charge in [-0.1, -0.05) is 0 Å². The molecule has 1 aromatic heterocycles. The van der Waals surface area contributed by atoms with Gasteiger partial charge < -0.3 is 5.32 Å². The van der Waals surface area contributed by atoms with E-state index in [9.17, 15) is 4.79 Å². The minimum atomic E-state index is -0.545. The quantitative estimate of drug-likeness (QED) is 0.834. The van der Waals surface area contributed by atoms with Crippen molar-refractivity contribution in [1.82, 2.24) is 5.32 Å². The number of aryl methyl sites for hydroxylation is 1. The van der Waals surface area contributed by atoms with E-state index in [1.807, 2.05) is 25.3 Å². The van der Waals surface area contributed by atoms with Gasteiger partial charge in [-0.15, -0.1) is 34.5 Å². The van der Waals surface area contributed by atoms with Gasteiger partial charge in [-0.25, -0.2) is 0 Å². The van der Waals surface area contributed by atoms with Crippen LogP contribution in [0.5, 0.6) is 0 Å².